The van der Waals surface area contributed by atoms with Gasteiger partial charge in [-0.25, -0.2) is 14.6 Å². The molecule has 1 heterocycles. The van der Waals surface area contributed by atoms with Crippen molar-refractivity contribution in [3.8, 4) is 5.75 Å². The maximum atomic E-state index is 13.0. The van der Waals surface area contributed by atoms with Crippen molar-refractivity contribution in [2.24, 2.45) is 0 Å². The van der Waals surface area contributed by atoms with Crippen LogP contribution in [0.15, 0.2) is 0 Å². The third-order valence-electron chi connectivity index (χ3n) is 2.67. The van der Waals surface area contributed by atoms with E-state index in [0.29, 0.717) is 0 Å². The minimum atomic E-state index is -5.53. The van der Waals surface area contributed by atoms with Crippen molar-refractivity contribution in [3.63, 3.8) is 0 Å². The maximum Gasteiger partial charge on any atom is 0.434 e. The molecule has 4 N–H and O–H groups in total. The Kier molecular flexibility index (Phi) is 7.39. The largest absolute Gasteiger partial charge is 0.506 e. The molecule has 0 unspecified atom stereocenters. The molecule has 148 valence electrons. The number of rotatable bonds is 4. The van der Waals surface area contributed by atoms with Gasteiger partial charge >= 0.3 is 24.3 Å². The van der Waals surface area contributed by atoms with Crippen LogP contribution in [0.25, 0.3) is 0 Å². The van der Waals surface area contributed by atoms with E-state index in [0.717, 1.165) is 0 Å². The van der Waals surface area contributed by atoms with Gasteiger partial charge < -0.3 is 20.7 Å². The monoisotopic (exact) mass is 392 g/mol. The number of ether oxygens (including phenoxy) is 2. The van der Waals surface area contributed by atoms with Crippen LogP contribution in [0.4, 0.5) is 26.3 Å². The lowest BCUT2D eigenvalue weighted by Gasteiger charge is -2.18. The molecule has 0 bridgehead atoms. The number of hydrogen-bond donors (Lipinski definition) is 2. The summed E-state index contributed by atoms with van der Waals surface area (Å²) in [7, 11) is 0. The van der Waals surface area contributed by atoms with Crippen LogP contribution < -0.4 is 6.15 Å². The Bertz CT molecular complexity index is 633. The molecular formula is C13H14F6N2O5. The van der Waals surface area contributed by atoms with E-state index in [4.69, 9.17) is 0 Å². The molecule has 0 saturated heterocycles. The lowest BCUT2D eigenvalue weighted by molar-refractivity contribution is -0.151. The van der Waals surface area contributed by atoms with Crippen molar-refractivity contribution in [2.75, 3.05) is 13.2 Å². The molecule has 0 fully saturated rings. The highest BCUT2D eigenvalue weighted by molar-refractivity contribution is 6.01. The van der Waals surface area contributed by atoms with Crippen molar-refractivity contribution in [2.45, 2.75) is 26.2 Å². The molecule has 13 heteroatoms. The standard InChI is InChI=1S/C13H11F6NO5.H3N/c1-3-24-10(22)5-7(21)6(11(23)25-4-2)9(13(17,18)19)20-8(5)12(14,15)16;/h3-4H2,1-2H3,(H,20,21);1H3. The summed E-state index contributed by atoms with van der Waals surface area (Å²) in [5, 5.41) is 9.83. The Morgan fingerprint density at radius 2 is 1.19 bits per heavy atom. The molecule has 0 aliphatic carbocycles. The molecule has 0 aliphatic heterocycles. The predicted molar refractivity (Wildman–Crippen MR) is 72.8 cm³/mol. The van der Waals surface area contributed by atoms with Gasteiger partial charge in [0.25, 0.3) is 0 Å². The summed E-state index contributed by atoms with van der Waals surface area (Å²) in [6.45, 7) is 1.55. The summed E-state index contributed by atoms with van der Waals surface area (Å²) >= 11 is 0. The summed E-state index contributed by atoms with van der Waals surface area (Å²) in [6, 6.07) is 0. The number of carbonyl (C=O) groups is 2. The van der Waals surface area contributed by atoms with Crippen molar-refractivity contribution in [3.05, 3.63) is 22.5 Å². The van der Waals surface area contributed by atoms with Gasteiger partial charge in [0, 0.05) is 0 Å². The van der Waals surface area contributed by atoms with Crippen LogP contribution in [0, 0.1) is 0 Å². The molecule has 7 nitrogen and oxygen atoms in total. The smallest absolute Gasteiger partial charge is 0.434 e. The fourth-order valence-corrected chi connectivity index (χ4v) is 1.78. The van der Waals surface area contributed by atoms with Crippen LogP contribution in [0.5, 0.6) is 5.75 Å². The van der Waals surface area contributed by atoms with E-state index in [1.807, 2.05) is 0 Å². The second kappa shape index (κ2) is 8.21. The Labute approximate surface area is 142 Å². The Morgan fingerprint density at radius 3 is 1.42 bits per heavy atom. The van der Waals surface area contributed by atoms with E-state index in [-0.39, 0.29) is 6.15 Å². The fourth-order valence-electron chi connectivity index (χ4n) is 1.78. The van der Waals surface area contributed by atoms with Crippen LogP contribution in [0.1, 0.15) is 46.0 Å². The Morgan fingerprint density at radius 1 is 0.885 bits per heavy atom. The molecule has 0 aromatic carbocycles. The van der Waals surface area contributed by atoms with E-state index >= 15 is 0 Å². The summed E-state index contributed by atoms with van der Waals surface area (Å²) in [6.07, 6.45) is -11.1. The van der Waals surface area contributed by atoms with Gasteiger partial charge in [0.2, 0.25) is 0 Å². The molecule has 1 aromatic heterocycles. The molecule has 0 saturated carbocycles. The zero-order valence-corrected chi connectivity index (χ0v) is 13.4. The summed E-state index contributed by atoms with van der Waals surface area (Å²) < 4.78 is 86.7. The van der Waals surface area contributed by atoms with Gasteiger partial charge in [-0.2, -0.15) is 26.3 Å². The molecule has 0 aliphatic rings. The number of halogens is 6. The molecule has 26 heavy (non-hydrogen) atoms. The van der Waals surface area contributed by atoms with E-state index in [1.54, 1.807) is 0 Å². The SMILES string of the molecule is CCOC(=O)c1c(C(F)(F)F)nc(C(F)(F)F)c(C(=O)OCC)c1O.N. The molecule has 0 atom stereocenters. The normalized spacial score (nSPS) is 11.5. The van der Waals surface area contributed by atoms with Gasteiger partial charge in [-0.1, -0.05) is 0 Å². The topological polar surface area (TPSA) is 121 Å². The average Bonchev–Trinajstić information content (AvgIpc) is 2.44. The molecule has 1 rings (SSSR count). The minimum absolute atomic E-state index is 0. The zero-order chi connectivity index (χ0) is 19.6. The third kappa shape index (κ3) is 4.74. The van der Waals surface area contributed by atoms with Crippen molar-refractivity contribution in [1.82, 2.24) is 11.1 Å². The van der Waals surface area contributed by atoms with E-state index in [1.165, 1.54) is 13.8 Å². The first kappa shape index (κ1) is 23.4. The van der Waals surface area contributed by atoms with E-state index in [2.05, 4.69) is 14.5 Å². The van der Waals surface area contributed by atoms with Crippen LogP contribution in [-0.2, 0) is 21.8 Å². The number of hydrogen-bond acceptors (Lipinski definition) is 7. The Balaban J connectivity index is 0.00000625. The Hall–Kier alpha value is -2.57. The van der Waals surface area contributed by atoms with Gasteiger partial charge in [0.15, 0.2) is 11.4 Å². The van der Waals surface area contributed by atoms with Crippen molar-refractivity contribution in [1.29, 1.82) is 0 Å². The highest BCUT2D eigenvalue weighted by Gasteiger charge is 2.47. The van der Waals surface area contributed by atoms with E-state index in [9.17, 15) is 41.0 Å². The number of aromatic hydroxyl groups is 1. The highest BCUT2D eigenvalue weighted by Crippen LogP contribution is 2.42. The predicted octanol–water partition coefficient (Wildman–Crippen LogP) is 3.34. The average molecular weight is 392 g/mol. The zero-order valence-electron chi connectivity index (χ0n) is 13.4. The number of aromatic nitrogens is 1. The first-order valence-electron chi connectivity index (χ1n) is 6.61. The van der Waals surface area contributed by atoms with Gasteiger partial charge in [0.1, 0.15) is 16.9 Å². The second-order valence-electron chi connectivity index (χ2n) is 4.34. The molecule has 1 aromatic rings. The molecular weight excluding hydrogens is 378 g/mol. The molecule has 0 amide bonds. The number of pyridine rings is 1. The first-order valence-corrected chi connectivity index (χ1v) is 6.61. The first-order chi connectivity index (χ1) is 11.4. The van der Waals surface area contributed by atoms with Crippen LogP contribution in [-0.4, -0.2) is 35.2 Å². The van der Waals surface area contributed by atoms with Crippen molar-refractivity contribution < 1.29 is 50.5 Å². The maximum absolute atomic E-state index is 13.0. The minimum Gasteiger partial charge on any atom is -0.506 e. The van der Waals surface area contributed by atoms with Crippen LogP contribution in [0.2, 0.25) is 0 Å². The number of esters is 2. The van der Waals surface area contributed by atoms with Crippen LogP contribution >= 0.6 is 0 Å². The third-order valence-corrected chi connectivity index (χ3v) is 2.67. The van der Waals surface area contributed by atoms with Gasteiger partial charge in [0.05, 0.1) is 13.2 Å². The number of alkyl halides is 6. The second-order valence-corrected chi connectivity index (χ2v) is 4.34. The van der Waals surface area contributed by atoms with Crippen molar-refractivity contribution >= 4 is 11.9 Å². The van der Waals surface area contributed by atoms with Gasteiger partial charge in [-0.05, 0) is 13.8 Å². The fraction of sp³-hybridized carbons (Fsp3) is 0.462. The summed E-state index contributed by atoms with van der Waals surface area (Å²) in [4.78, 5) is 25.7. The van der Waals surface area contributed by atoms with E-state index < -0.39 is 65.8 Å². The lowest BCUT2D eigenvalue weighted by atomic mass is 10.0. The van der Waals surface area contributed by atoms with Crippen LogP contribution in [0.3, 0.4) is 0 Å². The summed E-state index contributed by atoms with van der Waals surface area (Å²) in [5.74, 6) is -5.45. The quantitative estimate of drug-likeness (QED) is 0.595. The molecule has 0 radical (unpaired) electrons. The lowest BCUT2D eigenvalue weighted by Crippen LogP contribution is -2.25. The number of nitrogens with zero attached hydrogens (tertiary/aromatic N) is 1. The van der Waals surface area contributed by atoms with Gasteiger partial charge in [-0.3, -0.25) is 0 Å². The highest BCUT2D eigenvalue weighted by atomic mass is 19.4. The van der Waals surface area contributed by atoms with Gasteiger partial charge in [-0.15, -0.1) is 0 Å². The number of carbonyl (C=O) groups excluding carboxylic acids is 2. The summed E-state index contributed by atoms with van der Waals surface area (Å²) in [5.41, 5.74) is -8.07. The molecule has 0 spiro atoms.